The SMILES string of the molecule is CCCCCCCCC[n+]1c(CC(C)c2ccccc2)cn(CCCCCC)c1Cc1ccccc1. The molecule has 1 heterocycles. The summed E-state index contributed by atoms with van der Waals surface area (Å²) in [6, 6.07) is 22.1. The fourth-order valence-corrected chi connectivity index (χ4v) is 5.40. The first kappa shape index (κ1) is 28.2. The van der Waals surface area contributed by atoms with E-state index in [-0.39, 0.29) is 0 Å². The van der Waals surface area contributed by atoms with Crippen molar-refractivity contribution in [3.8, 4) is 0 Å². The topological polar surface area (TPSA) is 8.81 Å². The summed E-state index contributed by atoms with van der Waals surface area (Å²) in [6.45, 7) is 9.28. The first-order valence-electron chi connectivity index (χ1n) is 14.9. The lowest BCUT2D eigenvalue weighted by atomic mass is 9.96. The molecule has 2 aromatic carbocycles. The van der Waals surface area contributed by atoms with Crippen LogP contribution in [0.1, 0.15) is 120 Å². The maximum atomic E-state index is 2.71. The molecule has 0 radical (unpaired) electrons. The highest BCUT2D eigenvalue weighted by Gasteiger charge is 2.25. The molecule has 36 heavy (non-hydrogen) atoms. The Hall–Kier alpha value is -2.35. The molecular formula is C34H51N2+. The first-order chi connectivity index (χ1) is 17.7. The van der Waals surface area contributed by atoms with Gasteiger partial charge in [0.25, 0.3) is 5.82 Å². The van der Waals surface area contributed by atoms with Crippen LogP contribution in [0.2, 0.25) is 0 Å². The van der Waals surface area contributed by atoms with Gasteiger partial charge in [-0.25, -0.2) is 9.13 Å². The van der Waals surface area contributed by atoms with E-state index in [1.807, 2.05) is 0 Å². The number of nitrogens with zero attached hydrogens (tertiary/aromatic N) is 2. The third-order valence-corrected chi connectivity index (χ3v) is 7.62. The molecule has 0 aliphatic heterocycles. The van der Waals surface area contributed by atoms with Gasteiger partial charge in [0, 0.05) is 6.42 Å². The van der Waals surface area contributed by atoms with Crippen molar-refractivity contribution >= 4 is 0 Å². The van der Waals surface area contributed by atoms with Crippen LogP contribution < -0.4 is 4.57 Å². The predicted molar refractivity (Wildman–Crippen MR) is 155 cm³/mol. The van der Waals surface area contributed by atoms with Crippen LogP contribution in [-0.2, 0) is 25.9 Å². The lowest BCUT2D eigenvalue weighted by Gasteiger charge is -2.12. The van der Waals surface area contributed by atoms with Gasteiger partial charge >= 0.3 is 0 Å². The van der Waals surface area contributed by atoms with Gasteiger partial charge in [0.15, 0.2) is 0 Å². The Morgan fingerprint density at radius 3 is 1.94 bits per heavy atom. The summed E-state index contributed by atoms with van der Waals surface area (Å²) < 4.78 is 5.31. The summed E-state index contributed by atoms with van der Waals surface area (Å²) in [6.07, 6.45) is 19.4. The molecule has 0 aliphatic rings. The van der Waals surface area contributed by atoms with Crippen molar-refractivity contribution in [2.24, 2.45) is 0 Å². The van der Waals surface area contributed by atoms with Crippen molar-refractivity contribution in [3.05, 3.63) is 89.5 Å². The third-order valence-electron chi connectivity index (χ3n) is 7.62. The van der Waals surface area contributed by atoms with E-state index >= 15 is 0 Å². The standard InChI is InChI=1S/C34H51N2/c1-4-6-8-10-11-12-20-26-36-33(27-30(3)32-23-17-14-18-24-32)29-35(25-19-9-7-5-2)34(36)28-31-21-15-13-16-22-31/h13-18,21-24,29-30H,4-12,19-20,25-28H2,1-3H3/q+1. The van der Waals surface area contributed by atoms with Crippen molar-refractivity contribution in [1.29, 1.82) is 0 Å². The summed E-state index contributed by atoms with van der Waals surface area (Å²) in [5.74, 6) is 2.02. The van der Waals surface area contributed by atoms with Gasteiger partial charge in [0.05, 0.1) is 19.5 Å². The molecule has 1 unspecified atom stereocenters. The fourth-order valence-electron chi connectivity index (χ4n) is 5.40. The second-order valence-corrected chi connectivity index (χ2v) is 10.7. The van der Waals surface area contributed by atoms with E-state index in [1.165, 1.54) is 93.3 Å². The third kappa shape index (κ3) is 9.26. The summed E-state index contributed by atoms with van der Waals surface area (Å²) in [4.78, 5) is 0. The summed E-state index contributed by atoms with van der Waals surface area (Å²) in [7, 11) is 0. The molecular weight excluding hydrogens is 436 g/mol. The second-order valence-electron chi connectivity index (χ2n) is 10.7. The Labute approximate surface area is 221 Å². The quantitative estimate of drug-likeness (QED) is 0.125. The molecule has 0 saturated carbocycles. The molecule has 0 aliphatic carbocycles. The molecule has 0 N–H and O–H groups in total. The number of aromatic nitrogens is 2. The number of imidazole rings is 1. The fraction of sp³-hybridized carbons (Fsp3) is 0.559. The maximum Gasteiger partial charge on any atom is 0.261 e. The van der Waals surface area contributed by atoms with E-state index in [1.54, 1.807) is 0 Å². The number of rotatable bonds is 18. The molecule has 0 amide bonds. The van der Waals surface area contributed by atoms with E-state index < -0.39 is 0 Å². The minimum Gasteiger partial charge on any atom is -0.234 e. The van der Waals surface area contributed by atoms with Crippen molar-refractivity contribution in [2.45, 2.75) is 123 Å². The molecule has 3 rings (SSSR count). The molecule has 0 spiro atoms. The zero-order valence-electron chi connectivity index (χ0n) is 23.4. The van der Waals surface area contributed by atoms with Gasteiger partial charge in [0.2, 0.25) is 0 Å². The van der Waals surface area contributed by atoms with Gasteiger partial charge in [-0.15, -0.1) is 0 Å². The van der Waals surface area contributed by atoms with E-state index in [0.717, 1.165) is 25.9 Å². The largest absolute Gasteiger partial charge is 0.261 e. The van der Waals surface area contributed by atoms with E-state index in [0.29, 0.717) is 5.92 Å². The second kappa shape index (κ2) is 16.4. The highest BCUT2D eigenvalue weighted by molar-refractivity contribution is 5.21. The highest BCUT2D eigenvalue weighted by Crippen LogP contribution is 2.21. The van der Waals surface area contributed by atoms with Crippen LogP contribution in [0.25, 0.3) is 0 Å². The van der Waals surface area contributed by atoms with Crippen LogP contribution in [-0.4, -0.2) is 4.57 Å². The first-order valence-corrected chi connectivity index (χ1v) is 14.9. The Kier molecular flexibility index (Phi) is 12.9. The molecule has 1 atom stereocenters. The average Bonchev–Trinajstić information content (AvgIpc) is 3.22. The van der Waals surface area contributed by atoms with Crippen LogP contribution >= 0.6 is 0 Å². The number of benzene rings is 2. The zero-order valence-corrected chi connectivity index (χ0v) is 23.4. The van der Waals surface area contributed by atoms with Crippen LogP contribution in [0.5, 0.6) is 0 Å². The van der Waals surface area contributed by atoms with Crippen molar-refractivity contribution < 1.29 is 4.57 Å². The van der Waals surface area contributed by atoms with Crippen LogP contribution in [0.15, 0.2) is 66.9 Å². The predicted octanol–water partition coefficient (Wildman–Crippen LogP) is 9.04. The molecule has 196 valence electrons. The molecule has 3 aromatic rings. The number of hydrogen-bond donors (Lipinski definition) is 0. The Morgan fingerprint density at radius 1 is 0.694 bits per heavy atom. The number of aryl methyl sites for hydroxylation is 1. The Balaban J connectivity index is 1.82. The molecule has 1 aromatic heterocycles. The zero-order chi connectivity index (χ0) is 25.4. The molecule has 0 saturated heterocycles. The Bertz CT molecular complexity index is 958. The normalized spacial score (nSPS) is 12.2. The lowest BCUT2D eigenvalue weighted by Crippen LogP contribution is -2.41. The number of hydrogen-bond acceptors (Lipinski definition) is 0. The molecule has 2 nitrogen and oxygen atoms in total. The van der Waals surface area contributed by atoms with Gasteiger partial charge in [-0.2, -0.15) is 0 Å². The average molecular weight is 488 g/mol. The van der Waals surface area contributed by atoms with Crippen molar-refractivity contribution in [2.75, 3.05) is 0 Å². The van der Waals surface area contributed by atoms with Gasteiger partial charge in [-0.3, -0.25) is 0 Å². The van der Waals surface area contributed by atoms with Gasteiger partial charge in [-0.1, -0.05) is 126 Å². The molecule has 2 heteroatoms. The molecule has 0 bridgehead atoms. The summed E-state index contributed by atoms with van der Waals surface area (Å²) >= 11 is 0. The number of unbranched alkanes of at least 4 members (excludes halogenated alkanes) is 9. The van der Waals surface area contributed by atoms with Crippen LogP contribution in [0, 0.1) is 0 Å². The van der Waals surface area contributed by atoms with Gasteiger partial charge in [-0.05, 0) is 42.7 Å². The summed E-state index contributed by atoms with van der Waals surface area (Å²) in [5.41, 5.74) is 4.38. The lowest BCUT2D eigenvalue weighted by molar-refractivity contribution is -0.710. The van der Waals surface area contributed by atoms with Gasteiger partial charge in [0.1, 0.15) is 11.9 Å². The highest BCUT2D eigenvalue weighted by atomic mass is 15.2. The van der Waals surface area contributed by atoms with Crippen molar-refractivity contribution in [3.63, 3.8) is 0 Å². The smallest absolute Gasteiger partial charge is 0.234 e. The minimum atomic E-state index is 0.520. The van der Waals surface area contributed by atoms with Crippen molar-refractivity contribution in [1.82, 2.24) is 4.57 Å². The minimum absolute atomic E-state index is 0.520. The maximum absolute atomic E-state index is 2.71. The van der Waals surface area contributed by atoms with Crippen LogP contribution in [0.3, 0.4) is 0 Å². The molecule has 0 fully saturated rings. The van der Waals surface area contributed by atoms with E-state index in [4.69, 9.17) is 0 Å². The van der Waals surface area contributed by atoms with Crippen LogP contribution in [0.4, 0.5) is 0 Å². The monoisotopic (exact) mass is 487 g/mol. The summed E-state index contributed by atoms with van der Waals surface area (Å²) in [5, 5.41) is 0. The van der Waals surface area contributed by atoms with E-state index in [9.17, 15) is 0 Å². The van der Waals surface area contributed by atoms with E-state index in [2.05, 4.69) is 96.8 Å². The Morgan fingerprint density at radius 2 is 1.28 bits per heavy atom. The van der Waals surface area contributed by atoms with Gasteiger partial charge < -0.3 is 0 Å².